The number of benzene rings is 1. The van der Waals surface area contributed by atoms with E-state index in [1.165, 1.54) is 17.3 Å². The molecule has 0 spiro atoms. The lowest BCUT2D eigenvalue weighted by atomic mass is 9.97. The lowest BCUT2D eigenvalue weighted by Crippen LogP contribution is -2.39. The van der Waals surface area contributed by atoms with Crippen molar-refractivity contribution >= 4 is 28.7 Å². The minimum absolute atomic E-state index is 0.00496. The first kappa shape index (κ1) is 17.0. The van der Waals surface area contributed by atoms with Gasteiger partial charge < -0.3 is 9.88 Å². The molecule has 1 amide bonds. The number of carbonyl (C=O) groups is 1. The number of para-hydroxylation sites is 1. The van der Waals surface area contributed by atoms with Crippen molar-refractivity contribution in [1.29, 1.82) is 0 Å². The SMILES string of the molecule is CSc1ncc(C(=O)N2CCC[C@@H](c3nc4c(C)cccc4[nH]3)C2)cn1. The molecule has 1 atom stereocenters. The average Bonchev–Trinajstić information content (AvgIpc) is 3.13. The summed E-state index contributed by atoms with van der Waals surface area (Å²) in [6.07, 6.45) is 7.16. The number of hydrogen-bond donors (Lipinski definition) is 1. The number of imidazole rings is 1. The van der Waals surface area contributed by atoms with Gasteiger partial charge in [-0.3, -0.25) is 4.79 Å². The molecule has 3 aromatic rings. The predicted molar refractivity (Wildman–Crippen MR) is 103 cm³/mol. The summed E-state index contributed by atoms with van der Waals surface area (Å²) < 4.78 is 0. The van der Waals surface area contributed by atoms with Gasteiger partial charge in [-0.2, -0.15) is 0 Å². The summed E-state index contributed by atoms with van der Waals surface area (Å²) in [6, 6.07) is 6.16. The van der Waals surface area contributed by atoms with Gasteiger partial charge in [0.2, 0.25) is 0 Å². The lowest BCUT2D eigenvalue weighted by Gasteiger charge is -2.31. The van der Waals surface area contributed by atoms with E-state index in [1.54, 1.807) is 12.4 Å². The van der Waals surface area contributed by atoms with Crippen molar-refractivity contribution in [2.75, 3.05) is 19.3 Å². The highest BCUT2D eigenvalue weighted by Crippen LogP contribution is 2.28. The van der Waals surface area contributed by atoms with E-state index in [0.29, 0.717) is 17.3 Å². The Kier molecular flexibility index (Phi) is 4.63. The van der Waals surface area contributed by atoms with Gasteiger partial charge in [0.1, 0.15) is 5.82 Å². The van der Waals surface area contributed by atoms with Crippen molar-refractivity contribution in [3.8, 4) is 0 Å². The van der Waals surface area contributed by atoms with Crippen LogP contribution in [0.3, 0.4) is 0 Å². The van der Waals surface area contributed by atoms with Gasteiger partial charge in [-0.25, -0.2) is 15.0 Å². The predicted octanol–water partition coefficient (Wildman–Crippen LogP) is 3.40. The number of nitrogens with one attached hydrogen (secondary N) is 1. The van der Waals surface area contributed by atoms with Gasteiger partial charge in [0.15, 0.2) is 5.16 Å². The fourth-order valence-corrected chi connectivity index (χ4v) is 3.80. The first-order valence-corrected chi connectivity index (χ1v) is 9.98. The third-order valence-electron chi connectivity index (χ3n) is 4.89. The Hall–Kier alpha value is -2.41. The Morgan fingerprint density at radius 2 is 2.12 bits per heavy atom. The van der Waals surface area contributed by atoms with Crippen LogP contribution in [-0.4, -0.2) is 50.1 Å². The molecule has 1 fully saturated rings. The lowest BCUT2D eigenvalue weighted by molar-refractivity contribution is 0.0704. The van der Waals surface area contributed by atoms with Gasteiger partial charge in [0, 0.05) is 31.4 Å². The number of rotatable bonds is 3. The molecule has 1 aliphatic rings. The minimum Gasteiger partial charge on any atom is -0.342 e. The second-order valence-corrected chi connectivity index (χ2v) is 7.42. The van der Waals surface area contributed by atoms with Crippen LogP contribution in [0.15, 0.2) is 35.7 Å². The van der Waals surface area contributed by atoms with Gasteiger partial charge in [0.05, 0.1) is 16.6 Å². The third kappa shape index (κ3) is 3.19. The molecule has 6 nitrogen and oxygen atoms in total. The van der Waals surface area contributed by atoms with Crippen LogP contribution in [0.4, 0.5) is 0 Å². The smallest absolute Gasteiger partial charge is 0.257 e. The van der Waals surface area contributed by atoms with Crippen molar-refractivity contribution < 1.29 is 4.79 Å². The van der Waals surface area contributed by atoms with Crippen molar-refractivity contribution in [2.24, 2.45) is 0 Å². The Bertz CT molecular complexity index is 937. The van der Waals surface area contributed by atoms with E-state index in [4.69, 9.17) is 4.98 Å². The quantitative estimate of drug-likeness (QED) is 0.567. The minimum atomic E-state index is -0.00496. The number of hydrogen-bond acceptors (Lipinski definition) is 5. The first-order valence-electron chi connectivity index (χ1n) is 8.76. The number of aromatic amines is 1. The highest BCUT2D eigenvalue weighted by molar-refractivity contribution is 7.98. The fourth-order valence-electron chi connectivity index (χ4n) is 3.49. The molecule has 1 aromatic carbocycles. The van der Waals surface area contributed by atoms with Crippen molar-refractivity contribution in [1.82, 2.24) is 24.8 Å². The van der Waals surface area contributed by atoms with Gasteiger partial charge in [0.25, 0.3) is 5.91 Å². The molecule has 1 aliphatic heterocycles. The molecule has 0 aliphatic carbocycles. The van der Waals surface area contributed by atoms with Crippen LogP contribution < -0.4 is 0 Å². The zero-order chi connectivity index (χ0) is 18.1. The van der Waals surface area contributed by atoms with Gasteiger partial charge >= 0.3 is 0 Å². The monoisotopic (exact) mass is 367 g/mol. The summed E-state index contributed by atoms with van der Waals surface area (Å²) >= 11 is 1.47. The van der Waals surface area contributed by atoms with Crippen LogP contribution in [0, 0.1) is 6.92 Å². The number of H-pyrrole nitrogens is 1. The summed E-state index contributed by atoms with van der Waals surface area (Å²) in [4.78, 5) is 31.4. The maximum atomic E-state index is 12.8. The maximum Gasteiger partial charge on any atom is 0.257 e. The van der Waals surface area contributed by atoms with Gasteiger partial charge in [-0.15, -0.1) is 0 Å². The highest BCUT2D eigenvalue weighted by atomic mass is 32.2. The Morgan fingerprint density at radius 3 is 2.85 bits per heavy atom. The molecular formula is C19H21N5OS. The third-order valence-corrected chi connectivity index (χ3v) is 5.46. The van der Waals surface area contributed by atoms with Gasteiger partial charge in [-0.05, 0) is 37.7 Å². The standard InChI is InChI=1S/C19H21N5OS/c1-12-5-3-7-15-16(12)23-17(22-15)13-6-4-8-24(11-13)18(25)14-9-20-19(26-2)21-10-14/h3,5,7,9-10,13H,4,6,8,11H2,1-2H3,(H,22,23)/t13-/m1/s1. The van der Waals surface area contributed by atoms with Crippen LogP contribution in [-0.2, 0) is 0 Å². The number of aromatic nitrogens is 4. The van der Waals surface area contributed by atoms with E-state index < -0.39 is 0 Å². The summed E-state index contributed by atoms with van der Waals surface area (Å²) in [5.41, 5.74) is 3.79. The number of piperidine rings is 1. The molecule has 7 heteroatoms. The Morgan fingerprint density at radius 1 is 1.31 bits per heavy atom. The molecule has 26 heavy (non-hydrogen) atoms. The number of amides is 1. The van der Waals surface area contributed by atoms with Crippen LogP contribution in [0.1, 0.15) is 40.5 Å². The molecule has 3 heterocycles. The Balaban J connectivity index is 1.54. The normalized spacial score (nSPS) is 17.6. The van der Waals surface area contributed by atoms with Crippen molar-refractivity contribution in [3.63, 3.8) is 0 Å². The van der Waals surface area contributed by atoms with Crippen LogP contribution >= 0.6 is 11.8 Å². The number of nitrogens with zero attached hydrogens (tertiary/aromatic N) is 4. The summed E-state index contributed by atoms with van der Waals surface area (Å²) in [5.74, 6) is 1.20. The maximum absolute atomic E-state index is 12.8. The summed E-state index contributed by atoms with van der Waals surface area (Å²) in [7, 11) is 0. The molecule has 0 bridgehead atoms. The number of fused-ring (bicyclic) bond motifs is 1. The van der Waals surface area contributed by atoms with Crippen LogP contribution in [0.5, 0.6) is 0 Å². The number of carbonyl (C=O) groups excluding carboxylic acids is 1. The molecule has 1 N–H and O–H groups in total. The average molecular weight is 367 g/mol. The van der Waals surface area contributed by atoms with E-state index in [-0.39, 0.29) is 11.8 Å². The first-order chi connectivity index (χ1) is 12.7. The Labute approximate surface area is 156 Å². The van der Waals surface area contributed by atoms with Crippen molar-refractivity contribution in [3.05, 3.63) is 47.5 Å². The summed E-state index contributed by atoms with van der Waals surface area (Å²) in [6.45, 7) is 3.50. The second kappa shape index (κ2) is 7.07. The summed E-state index contributed by atoms with van der Waals surface area (Å²) in [5, 5.41) is 0.677. The molecule has 4 rings (SSSR count). The molecule has 0 saturated carbocycles. The van der Waals surface area contributed by atoms with Crippen molar-refractivity contribution in [2.45, 2.75) is 30.8 Å². The van der Waals surface area contributed by atoms with E-state index in [0.717, 1.165) is 36.2 Å². The topological polar surface area (TPSA) is 74.8 Å². The van der Waals surface area contributed by atoms with Gasteiger partial charge in [-0.1, -0.05) is 23.9 Å². The van der Waals surface area contributed by atoms with E-state index in [9.17, 15) is 4.79 Å². The molecular weight excluding hydrogens is 346 g/mol. The molecule has 0 unspecified atom stereocenters. The molecule has 1 saturated heterocycles. The molecule has 0 radical (unpaired) electrons. The number of aryl methyl sites for hydroxylation is 1. The van der Waals surface area contributed by atoms with Crippen LogP contribution in [0.2, 0.25) is 0 Å². The van der Waals surface area contributed by atoms with E-state index in [2.05, 4.69) is 34.0 Å². The second-order valence-electron chi connectivity index (χ2n) is 6.64. The number of likely N-dealkylation sites (tertiary alicyclic amines) is 1. The fraction of sp³-hybridized carbons (Fsp3) is 0.368. The highest BCUT2D eigenvalue weighted by Gasteiger charge is 2.27. The largest absolute Gasteiger partial charge is 0.342 e. The zero-order valence-electron chi connectivity index (χ0n) is 14.9. The molecule has 2 aromatic heterocycles. The van der Waals surface area contributed by atoms with E-state index >= 15 is 0 Å². The number of thioether (sulfide) groups is 1. The van der Waals surface area contributed by atoms with Crippen LogP contribution in [0.25, 0.3) is 11.0 Å². The zero-order valence-corrected chi connectivity index (χ0v) is 15.7. The van der Waals surface area contributed by atoms with E-state index in [1.807, 2.05) is 17.2 Å². The molecule has 134 valence electrons.